The van der Waals surface area contributed by atoms with Crippen molar-refractivity contribution in [3.63, 3.8) is 0 Å². The van der Waals surface area contributed by atoms with Crippen molar-refractivity contribution in [2.75, 3.05) is 17.6 Å². The van der Waals surface area contributed by atoms with Gasteiger partial charge >= 0.3 is 0 Å². The summed E-state index contributed by atoms with van der Waals surface area (Å²) in [6.45, 7) is 13.3. The average molecular weight is 282 g/mol. The van der Waals surface area contributed by atoms with Crippen LogP contribution < -0.4 is 15.8 Å². The van der Waals surface area contributed by atoms with Gasteiger partial charge in [0.2, 0.25) is 0 Å². The molecule has 0 spiro atoms. The highest BCUT2D eigenvalue weighted by Crippen LogP contribution is 2.31. The standard InChI is InChI=1S/C16H27FN2O/c1-10(2)20-15-8-14(13(18)7-12(15)17)19-9-11(3)16(4,5)6/h7-8,10-11,19H,9,18H2,1-6H3. The monoisotopic (exact) mass is 282 g/mol. The molecule has 20 heavy (non-hydrogen) atoms. The van der Waals surface area contributed by atoms with Crippen LogP contribution in [0.4, 0.5) is 15.8 Å². The van der Waals surface area contributed by atoms with Crippen molar-refractivity contribution in [3.05, 3.63) is 17.9 Å². The van der Waals surface area contributed by atoms with E-state index in [9.17, 15) is 4.39 Å². The van der Waals surface area contributed by atoms with Crippen LogP contribution in [0.2, 0.25) is 0 Å². The summed E-state index contributed by atoms with van der Waals surface area (Å²) in [5.41, 5.74) is 7.19. The van der Waals surface area contributed by atoms with Gasteiger partial charge in [-0.2, -0.15) is 0 Å². The molecule has 0 saturated heterocycles. The Morgan fingerprint density at radius 1 is 1.25 bits per heavy atom. The SMILES string of the molecule is CC(C)Oc1cc(NCC(C)C(C)(C)C)c(N)cc1F. The van der Waals surface area contributed by atoms with Crippen LogP contribution in [-0.2, 0) is 0 Å². The van der Waals surface area contributed by atoms with Crippen LogP contribution in [0.5, 0.6) is 5.75 Å². The molecule has 4 heteroatoms. The Morgan fingerprint density at radius 2 is 1.85 bits per heavy atom. The molecule has 0 aliphatic rings. The van der Waals surface area contributed by atoms with Crippen molar-refractivity contribution in [3.8, 4) is 5.75 Å². The molecular weight excluding hydrogens is 255 g/mol. The number of halogens is 1. The van der Waals surface area contributed by atoms with E-state index in [0.717, 1.165) is 12.2 Å². The zero-order valence-electron chi connectivity index (χ0n) is 13.4. The molecule has 1 aromatic carbocycles. The van der Waals surface area contributed by atoms with Gasteiger partial charge in [-0.1, -0.05) is 27.7 Å². The fourth-order valence-corrected chi connectivity index (χ4v) is 1.64. The van der Waals surface area contributed by atoms with Crippen molar-refractivity contribution < 1.29 is 9.13 Å². The molecule has 114 valence electrons. The lowest BCUT2D eigenvalue weighted by molar-refractivity contribution is 0.231. The summed E-state index contributed by atoms with van der Waals surface area (Å²) in [4.78, 5) is 0. The number of hydrogen-bond acceptors (Lipinski definition) is 3. The maximum atomic E-state index is 13.7. The summed E-state index contributed by atoms with van der Waals surface area (Å²) >= 11 is 0. The Bertz CT molecular complexity index is 453. The number of benzene rings is 1. The van der Waals surface area contributed by atoms with Crippen LogP contribution in [-0.4, -0.2) is 12.6 Å². The van der Waals surface area contributed by atoms with Gasteiger partial charge in [-0.15, -0.1) is 0 Å². The zero-order valence-corrected chi connectivity index (χ0v) is 13.4. The first-order valence-electron chi connectivity index (χ1n) is 7.10. The molecule has 0 aliphatic carbocycles. The summed E-state index contributed by atoms with van der Waals surface area (Å²) in [5, 5.41) is 3.29. The average Bonchev–Trinajstić information content (AvgIpc) is 2.28. The van der Waals surface area contributed by atoms with Gasteiger partial charge in [0, 0.05) is 18.7 Å². The highest BCUT2D eigenvalue weighted by atomic mass is 19.1. The van der Waals surface area contributed by atoms with Crippen molar-refractivity contribution in [1.29, 1.82) is 0 Å². The number of nitrogen functional groups attached to an aromatic ring is 1. The normalized spacial score (nSPS) is 13.4. The molecule has 3 N–H and O–H groups in total. The first-order chi connectivity index (χ1) is 9.11. The molecule has 1 aromatic rings. The molecule has 0 radical (unpaired) electrons. The maximum absolute atomic E-state index is 13.7. The van der Waals surface area contributed by atoms with Gasteiger partial charge < -0.3 is 15.8 Å². The van der Waals surface area contributed by atoms with Crippen molar-refractivity contribution in [2.24, 2.45) is 11.3 Å². The Labute approximate surface area is 121 Å². The van der Waals surface area contributed by atoms with E-state index < -0.39 is 5.82 Å². The van der Waals surface area contributed by atoms with E-state index in [1.807, 2.05) is 13.8 Å². The number of ether oxygens (including phenoxy) is 1. The topological polar surface area (TPSA) is 47.3 Å². The molecule has 0 aromatic heterocycles. The highest BCUT2D eigenvalue weighted by Gasteiger charge is 2.20. The third-order valence-corrected chi connectivity index (χ3v) is 3.54. The lowest BCUT2D eigenvalue weighted by atomic mass is 9.82. The molecule has 1 rings (SSSR count). The molecule has 0 saturated carbocycles. The minimum absolute atomic E-state index is 0.0746. The molecule has 0 aliphatic heterocycles. The van der Waals surface area contributed by atoms with Crippen LogP contribution in [0.25, 0.3) is 0 Å². The van der Waals surface area contributed by atoms with Crippen molar-refractivity contribution in [2.45, 2.75) is 47.6 Å². The van der Waals surface area contributed by atoms with E-state index >= 15 is 0 Å². The fourth-order valence-electron chi connectivity index (χ4n) is 1.64. The molecule has 1 atom stereocenters. The number of hydrogen-bond donors (Lipinski definition) is 2. The number of nitrogens with one attached hydrogen (secondary N) is 1. The minimum Gasteiger partial charge on any atom is -0.488 e. The predicted molar refractivity (Wildman–Crippen MR) is 83.7 cm³/mol. The van der Waals surface area contributed by atoms with Gasteiger partial charge in [0.15, 0.2) is 11.6 Å². The van der Waals surface area contributed by atoms with E-state index in [2.05, 4.69) is 33.0 Å². The van der Waals surface area contributed by atoms with Gasteiger partial charge in [0.25, 0.3) is 0 Å². The Hall–Kier alpha value is -1.45. The third kappa shape index (κ3) is 4.58. The number of nitrogens with two attached hydrogens (primary N) is 1. The summed E-state index contributed by atoms with van der Waals surface area (Å²) in [6, 6.07) is 2.95. The minimum atomic E-state index is -0.425. The fraction of sp³-hybridized carbons (Fsp3) is 0.625. The molecular formula is C16H27FN2O. The Kier molecular flexibility index (Phi) is 5.26. The smallest absolute Gasteiger partial charge is 0.167 e. The van der Waals surface area contributed by atoms with E-state index in [-0.39, 0.29) is 17.3 Å². The molecule has 1 unspecified atom stereocenters. The second kappa shape index (κ2) is 6.33. The van der Waals surface area contributed by atoms with Crippen LogP contribution in [0.15, 0.2) is 12.1 Å². The number of anilines is 2. The highest BCUT2D eigenvalue weighted by molar-refractivity contribution is 5.68. The van der Waals surface area contributed by atoms with Crippen LogP contribution in [0.1, 0.15) is 41.5 Å². The summed E-state index contributed by atoms with van der Waals surface area (Å²) in [6.07, 6.45) is -0.0746. The Morgan fingerprint density at radius 3 is 2.35 bits per heavy atom. The van der Waals surface area contributed by atoms with E-state index in [1.54, 1.807) is 6.07 Å². The summed E-state index contributed by atoms with van der Waals surface area (Å²) in [5.74, 6) is 0.271. The quantitative estimate of drug-likeness (QED) is 0.792. The largest absolute Gasteiger partial charge is 0.488 e. The lowest BCUT2D eigenvalue weighted by Crippen LogP contribution is -2.25. The van der Waals surface area contributed by atoms with Gasteiger partial charge in [-0.25, -0.2) is 4.39 Å². The van der Waals surface area contributed by atoms with E-state index in [4.69, 9.17) is 10.5 Å². The van der Waals surface area contributed by atoms with E-state index in [0.29, 0.717) is 11.6 Å². The van der Waals surface area contributed by atoms with Crippen LogP contribution >= 0.6 is 0 Å². The Balaban J connectivity index is 2.84. The third-order valence-electron chi connectivity index (χ3n) is 3.54. The second-order valence-electron chi connectivity index (χ2n) is 6.68. The zero-order chi connectivity index (χ0) is 15.5. The summed E-state index contributed by atoms with van der Waals surface area (Å²) in [7, 11) is 0. The van der Waals surface area contributed by atoms with Gasteiger partial charge in [-0.05, 0) is 25.2 Å². The molecule has 0 bridgehead atoms. The second-order valence-corrected chi connectivity index (χ2v) is 6.68. The molecule has 0 heterocycles. The van der Waals surface area contributed by atoms with Crippen LogP contribution in [0, 0.1) is 17.2 Å². The van der Waals surface area contributed by atoms with E-state index in [1.165, 1.54) is 6.07 Å². The molecule has 3 nitrogen and oxygen atoms in total. The molecule has 0 fully saturated rings. The van der Waals surface area contributed by atoms with Gasteiger partial charge in [0.05, 0.1) is 17.5 Å². The lowest BCUT2D eigenvalue weighted by Gasteiger charge is -2.28. The summed E-state index contributed by atoms with van der Waals surface area (Å²) < 4.78 is 19.2. The first-order valence-corrected chi connectivity index (χ1v) is 7.10. The van der Waals surface area contributed by atoms with Gasteiger partial charge in [0.1, 0.15) is 0 Å². The maximum Gasteiger partial charge on any atom is 0.167 e. The number of rotatable bonds is 5. The predicted octanol–water partition coefficient (Wildman–Crippen LogP) is 4.29. The van der Waals surface area contributed by atoms with Crippen molar-refractivity contribution >= 4 is 11.4 Å². The first kappa shape index (κ1) is 16.6. The van der Waals surface area contributed by atoms with Crippen LogP contribution in [0.3, 0.4) is 0 Å². The van der Waals surface area contributed by atoms with Gasteiger partial charge in [-0.3, -0.25) is 0 Å². The molecule has 0 amide bonds. The van der Waals surface area contributed by atoms with Crippen molar-refractivity contribution in [1.82, 2.24) is 0 Å².